The van der Waals surface area contributed by atoms with Crippen LogP contribution in [-0.4, -0.2) is 38.6 Å². The highest BCUT2D eigenvalue weighted by molar-refractivity contribution is 6.03. The lowest BCUT2D eigenvalue weighted by Crippen LogP contribution is -2.35. The molecule has 0 fully saturated rings. The van der Waals surface area contributed by atoms with E-state index >= 15 is 0 Å². The van der Waals surface area contributed by atoms with Crippen LogP contribution in [0.3, 0.4) is 0 Å². The number of nitrogens with one attached hydrogen (secondary N) is 2. The minimum atomic E-state index is -0.293. The number of carbonyl (C=O) groups excluding carboxylic acids is 2. The zero-order valence-electron chi connectivity index (χ0n) is 15.1. The van der Waals surface area contributed by atoms with Crippen molar-refractivity contribution in [3.05, 3.63) is 53.8 Å². The molecule has 7 heteroatoms. The zero-order valence-corrected chi connectivity index (χ0v) is 15.1. The third kappa shape index (κ3) is 4.97. The van der Waals surface area contributed by atoms with Crippen molar-refractivity contribution >= 4 is 23.2 Å². The van der Waals surface area contributed by atoms with Crippen LogP contribution in [0.1, 0.15) is 23.2 Å². The van der Waals surface area contributed by atoms with E-state index in [2.05, 4.69) is 10.6 Å². The van der Waals surface area contributed by atoms with Crippen LogP contribution in [0.25, 0.3) is 0 Å². The van der Waals surface area contributed by atoms with E-state index in [1.807, 2.05) is 18.0 Å². The Morgan fingerprint density at radius 1 is 1.22 bits per heavy atom. The summed E-state index contributed by atoms with van der Waals surface area (Å²) < 4.78 is 18.3. The summed E-state index contributed by atoms with van der Waals surface area (Å²) in [5.74, 6) is 0.0587. The predicted octanol–water partition coefficient (Wildman–Crippen LogP) is 2.80. The number of unbranched alkanes of at least 4 members (excludes halogenated alkanes) is 1. The first-order chi connectivity index (χ1) is 13.0. The number of halogens is 1. The normalized spacial score (nSPS) is 13.0. The van der Waals surface area contributed by atoms with Crippen LogP contribution in [0.15, 0.2) is 42.5 Å². The van der Waals surface area contributed by atoms with Gasteiger partial charge in [-0.25, -0.2) is 4.39 Å². The summed E-state index contributed by atoms with van der Waals surface area (Å²) in [6, 6.07) is 11.2. The third-order valence-corrected chi connectivity index (χ3v) is 4.26. The summed E-state index contributed by atoms with van der Waals surface area (Å²) in [6.45, 7) is 1.33. The lowest BCUT2D eigenvalue weighted by Gasteiger charge is -2.27. The molecule has 0 bridgehead atoms. The zero-order chi connectivity index (χ0) is 19.2. The van der Waals surface area contributed by atoms with Gasteiger partial charge in [0.2, 0.25) is 5.91 Å². The van der Waals surface area contributed by atoms with E-state index in [1.165, 1.54) is 12.1 Å². The van der Waals surface area contributed by atoms with Crippen LogP contribution in [0.4, 0.5) is 15.8 Å². The van der Waals surface area contributed by atoms with Gasteiger partial charge in [0.05, 0.1) is 24.5 Å². The molecule has 2 aromatic carbocycles. The van der Waals surface area contributed by atoms with Crippen molar-refractivity contribution in [3.63, 3.8) is 0 Å². The Bertz CT molecular complexity index is 824. The highest BCUT2D eigenvalue weighted by atomic mass is 19.1. The summed E-state index contributed by atoms with van der Waals surface area (Å²) in [5.41, 5.74) is 2.05. The number of fused-ring (bicyclic) bond motifs is 1. The fourth-order valence-corrected chi connectivity index (χ4v) is 2.85. The maximum atomic E-state index is 12.8. The summed E-state index contributed by atoms with van der Waals surface area (Å²) in [5, 5.41) is 5.65. The number of likely N-dealkylation sites (N-methyl/N-ethyl adjacent to an activating group) is 1. The number of nitrogens with zero attached hydrogens (tertiary/aromatic N) is 1. The topological polar surface area (TPSA) is 70.7 Å². The molecule has 0 saturated carbocycles. The quantitative estimate of drug-likeness (QED) is 0.735. The first-order valence-corrected chi connectivity index (χ1v) is 8.84. The molecule has 1 aliphatic rings. The Morgan fingerprint density at radius 3 is 2.78 bits per heavy atom. The van der Waals surface area contributed by atoms with Gasteiger partial charge in [0.15, 0.2) is 0 Å². The second-order valence-corrected chi connectivity index (χ2v) is 6.40. The van der Waals surface area contributed by atoms with Crippen LogP contribution >= 0.6 is 0 Å². The van der Waals surface area contributed by atoms with Crippen molar-refractivity contribution in [1.82, 2.24) is 5.32 Å². The van der Waals surface area contributed by atoms with Gasteiger partial charge in [-0.15, -0.1) is 0 Å². The van der Waals surface area contributed by atoms with E-state index in [-0.39, 0.29) is 17.6 Å². The molecule has 0 spiro atoms. The van der Waals surface area contributed by atoms with Crippen LogP contribution in [-0.2, 0) is 4.79 Å². The summed E-state index contributed by atoms with van der Waals surface area (Å²) in [6.07, 6.45) is 1.53. The number of hydrogen-bond donors (Lipinski definition) is 2. The largest absolute Gasteiger partial charge is 0.494 e. The van der Waals surface area contributed by atoms with Crippen molar-refractivity contribution < 1.29 is 18.7 Å². The van der Waals surface area contributed by atoms with Crippen molar-refractivity contribution in [2.45, 2.75) is 12.8 Å². The van der Waals surface area contributed by atoms with Crippen LogP contribution in [0.2, 0.25) is 0 Å². The van der Waals surface area contributed by atoms with E-state index < -0.39 is 0 Å². The lowest BCUT2D eigenvalue weighted by molar-refractivity contribution is -0.115. The Kier molecular flexibility index (Phi) is 5.90. The highest BCUT2D eigenvalue weighted by Crippen LogP contribution is 2.29. The summed E-state index contributed by atoms with van der Waals surface area (Å²) >= 11 is 0. The molecular formula is C20H22FN3O3. The van der Waals surface area contributed by atoms with Gasteiger partial charge in [0.1, 0.15) is 11.6 Å². The van der Waals surface area contributed by atoms with Gasteiger partial charge in [-0.2, -0.15) is 0 Å². The second-order valence-electron chi connectivity index (χ2n) is 6.40. The number of rotatable bonds is 7. The van der Waals surface area contributed by atoms with E-state index in [0.717, 1.165) is 18.5 Å². The molecule has 0 unspecified atom stereocenters. The fourth-order valence-electron chi connectivity index (χ4n) is 2.85. The van der Waals surface area contributed by atoms with Crippen molar-refractivity contribution in [2.24, 2.45) is 0 Å². The SMILES string of the molecule is CN1CC(=O)Nc2cc(C(=O)NCCCCOc3ccc(F)cc3)ccc21. The Labute approximate surface area is 157 Å². The van der Waals surface area contributed by atoms with E-state index in [9.17, 15) is 14.0 Å². The highest BCUT2D eigenvalue weighted by Gasteiger charge is 2.20. The van der Waals surface area contributed by atoms with Crippen molar-refractivity contribution in [3.8, 4) is 5.75 Å². The molecular weight excluding hydrogens is 349 g/mol. The molecule has 142 valence electrons. The van der Waals surface area contributed by atoms with Crippen LogP contribution in [0.5, 0.6) is 5.75 Å². The maximum Gasteiger partial charge on any atom is 0.251 e. The second kappa shape index (κ2) is 8.53. The molecule has 0 aliphatic carbocycles. The van der Waals surface area contributed by atoms with Gasteiger partial charge in [-0.1, -0.05) is 0 Å². The molecule has 2 aromatic rings. The summed E-state index contributed by atoms with van der Waals surface area (Å²) in [7, 11) is 1.84. The first-order valence-electron chi connectivity index (χ1n) is 8.84. The molecule has 2 N–H and O–H groups in total. The van der Waals surface area contributed by atoms with Crippen molar-refractivity contribution in [1.29, 1.82) is 0 Å². The number of hydrogen-bond acceptors (Lipinski definition) is 4. The van der Waals surface area contributed by atoms with Crippen LogP contribution < -0.4 is 20.3 Å². The number of carbonyl (C=O) groups is 2. The van der Waals surface area contributed by atoms with Gasteiger partial charge in [0.25, 0.3) is 5.91 Å². The van der Waals surface area contributed by atoms with Crippen molar-refractivity contribution in [2.75, 3.05) is 37.0 Å². The minimum absolute atomic E-state index is 0.0938. The van der Waals surface area contributed by atoms with Gasteiger partial charge < -0.3 is 20.3 Å². The minimum Gasteiger partial charge on any atom is -0.494 e. The number of anilines is 2. The van der Waals surface area contributed by atoms with Gasteiger partial charge in [-0.05, 0) is 55.3 Å². The number of benzene rings is 2. The predicted molar refractivity (Wildman–Crippen MR) is 102 cm³/mol. The molecule has 2 amide bonds. The molecule has 1 aliphatic heterocycles. The third-order valence-electron chi connectivity index (χ3n) is 4.26. The molecule has 6 nitrogen and oxygen atoms in total. The summed E-state index contributed by atoms with van der Waals surface area (Å²) in [4.78, 5) is 25.7. The van der Waals surface area contributed by atoms with E-state index in [0.29, 0.717) is 36.7 Å². The van der Waals surface area contributed by atoms with Gasteiger partial charge >= 0.3 is 0 Å². The van der Waals surface area contributed by atoms with E-state index in [1.54, 1.807) is 24.3 Å². The lowest BCUT2D eigenvalue weighted by atomic mass is 10.1. The standard InChI is InChI=1S/C20H22FN3O3/c1-24-13-19(25)23-17-12-14(4-9-18(17)24)20(26)22-10-2-3-11-27-16-7-5-15(21)6-8-16/h4-9,12H,2-3,10-11,13H2,1H3,(H,22,26)(H,23,25). The smallest absolute Gasteiger partial charge is 0.251 e. The molecule has 0 aromatic heterocycles. The average Bonchev–Trinajstić information content (AvgIpc) is 2.65. The average molecular weight is 371 g/mol. The Hall–Kier alpha value is -3.09. The monoisotopic (exact) mass is 371 g/mol. The molecule has 3 rings (SSSR count). The fraction of sp³-hybridized carbons (Fsp3) is 0.300. The molecule has 0 saturated heterocycles. The molecule has 0 atom stereocenters. The number of amides is 2. The Balaban J connectivity index is 1.41. The Morgan fingerprint density at radius 2 is 2.00 bits per heavy atom. The molecule has 27 heavy (non-hydrogen) atoms. The molecule has 1 heterocycles. The van der Waals surface area contributed by atoms with E-state index in [4.69, 9.17) is 4.74 Å². The molecule has 0 radical (unpaired) electrons. The first kappa shape index (κ1) is 18.7. The van der Waals surface area contributed by atoms with Gasteiger partial charge in [-0.3, -0.25) is 9.59 Å². The van der Waals surface area contributed by atoms with Gasteiger partial charge in [0, 0.05) is 19.2 Å². The van der Waals surface area contributed by atoms with Crippen LogP contribution in [0, 0.1) is 5.82 Å². The maximum absolute atomic E-state index is 12.8. The number of ether oxygens (including phenoxy) is 1.